The van der Waals surface area contributed by atoms with Crippen molar-refractivity contribution in [3.05, 3.63) is 34.6 Å². The summed E-state index contributed by atoms with van der Waals surface area (Å²) in [6.07, 6.45) is 0.198. The van der Waals surface area contributed by atoms with Crippen molar-refractivity contribution >= 4 is 23.4 Å². The van der Waals surface area contributed by atoms with Gasteiger partial charge in [0.1, 0.15) is 11.5 Å². The van der Waals surface area contributed by atoms with Crippen molar-refractivity contribution < 1.29 is 19.4 Å². The lowest BCUT2D eigenvalue weighted by molar-refractivity contribution is -0.115. The Morgan fingerprint density at radius 3 is 2.50 bits per heavy atom. The first kappa shape index (κ1) is 17.7. The molecule has 0 radical (unpaired) electrons. The van der Waals surface area contributed by atoms with Crippen molar-refractivity contribution in [2.24, 2.45) is 0 Å². The number of hydrogen-bond donors (Lipinski definition) is 3. The lowest BCUT2D eigenvalue weighted by Gasteiger charge is -2.09. The lowest BCUT2D eigenvalue weighted by Crippen LogP contribution is -2.13. The van der Waals surface area contributed by atoms with Gasteiger partial charge in [-0.05, 0) is 0 Å². The zero-order valence-electron chi connectivity index (χ0n) is 13.2. The number of aromatic amines is 1. The van der Waals surface area contributed by atoms with Crippen LogP contribution >= 0.6 is 11.8 Å². The molecule has 2 rings (SSSR count). The highest BCUT2D eigenvalue weighted by molar-refractivity contribution is 7.99. The molecule has 0 aliphatic carbocycles. The second kappa shape index (κ2) is 8.25. The summed E-state index contributed by atoms with van der Waals surface area (Å²) in [6.45, 7) is 0. The molecule has 24 heavy (non-hydrogen) atoms. The summed E-state index contributed by atoms with van der Waals surface area (Å²) < 4.78 is 10.3. The molecular weight excluding hydrogens is 334 g/mol. The number of thioether (sulfide) groups is 1. The van der Waals surface area contributed by atoms with Crippen LogP contribution < -0.4 is 20.3 Å². The number of aromatic nitrogens is 2. The predicted molar refractivity (Wildman–Crippen MR) is 90.0 cm³/mol. The summed E-state index contributed by atoms with van der Waals surface area (Å²) in [5, 5.41) is 12.3. The Hall–Kier alpha value is -2.68. The maximum Gasteiger partial charge on any atom is 0.255 e. The minimum Gasteiger partial charge on any atom is -0.497 e. The van der Waals surface area contributed by atoms with Gasteiger partial charge in [0.2, 0.25) is 11.8 Å². The van der Waals surface area contributed by atoms with E-state index in [4.69, 9.17) is 9.47 Å². The molecule has 0 bridgehead atoms. The Balaban J connectivity index is 1.90. The summed E-state index contributed by atoms with van der Waals surface area (Å²) in [6, 6.07) is 6.05. The quantitative estimate of drug-likeness (QED) is 0.513. The van der Waals surface area contributed by atoms with E-state index >= 15 is 0 Å². The van der Waals surface area contributed by atoms with Crippen molar-refractivity contribution in [2.75, 3.05) is 25.3 Å². The number of carbonyl (C=O) groups is 1. The fourth-order valence-electron chi connectivity index (χ4n) is 1.83. The SMILES string of the molecule is COc1cc(NC(=O)CCSc2nc(O)cc(=O)[nH]2)cc(OC)c1. The number of nitrogens with one attached hydrogen (secondary N) is 2. The van der Waals surface area contributed by atoms with Crippen LogP contribution in [0.3, 0.4) is 0 Å². The fraction of sp³-hybridized carbons (Fsp3) is 0.267. The van der Waals surface area contributed by atoms with E-state index in [2.05, 4.69) is 15.3 Å². The molecule has 0 atom stereocenters. The number of hydrogen-bond acceptors (Lipinski definition) is 7. The fourth-order valence-corrected chi connectivity index (χ4v) is 2.65. The highest BCUT2D eigenvalue weighted by Gasteiger charge is 2.08. The molecule has 1 aromatic heterocycles. The summed E-state index contributed by atoms with van der Waals surface area (Å²) in [5.41, 5.74) is 0.114. The molecule has 2 aromatic rings. The number of ether oxygens (including phenoxy) is 2. The first-order valence-corrected chi connectivity index (χ1v) is 7.95. The maximum absolute atomic E-state index is 12.0. The van der Waals surface area contributed by atoms with E-state index in [0.29, 0.717) is 22.9 Å². The van der Waals surface area contributed by atoms with Crippen LogP contribution in [0, 0.1) is 0 Å². The molecule has 1 amide bonds. The molecular formula is C15H17N3O5S. The Morgan fingerprint density at radius 2 is 1.92 bits per heavy atom. The van der Waals surface area contributed by atoms with Crippen LogP contribution in [0.15, 0.2) is 34.2 Å². The third kappa shape index (κ3) is 5.20. The van der Waals surface area contributed by atoms with Crippen LogP contribution in [0.1, 0.15) is 6.42 Å². The molecule has 8 nitrogen and oxygen atoms in total. The number of methoxy groups -OCH3 is 2. The molecule has 0 aliphatic rings. The first-order chi connectivity index (χ1) is 11.5. The monoisotopic (exact) mass is 351 g/mol. The molecule has 0 unspecified atom stereocenters. The zero-order chi connectivity index (χ0) is 17.5. The largest absolute Gasteiger partial charge is 0.497 e. The van der Waals surface area contributed by atoms with Gasteiger partial charge in [-0.1, -0.05) is 11.8 Å². The van der Waals surface area contributed by atoms with Crippen LogP contribution in [0.25, 0.3) is 0 Å². The van der Waals surface area contributed by atoms with Gasteiger partial charge in [0.25, 0.3) is 5.56 Å². The topological polar surface area (TPSA) is 114 Å². The number of anilines is 1. The van der Waals surface area contributed by atoms with E-state index in [1.165, 1.54) is 26.0 Å². The van der Waals surface area contributed by atoms with Gasteiger partial charge in [0, 0.05) is 36.1 Å². The smallest absolute Gasteiger partial charge is 0.255 e. The minimum atomic E-state index is -0.446. The highest BCUT2D eigenvalue weighted by atomic mass is 32.2. The van der Waals surface area contributed by atoms with Crippen molar-refractivity contribution in [3.63, 3.8) is 0 Å². The van der Waals surface area contributed by atoms with E-state index in [0.717, 1.165) is 6.07 Å². The number of benzene rings is 1. The molecule has 1 heterocycles. The summed E-state index contributed by atoms with van der Waals surface area (Å²) >= 11 is 1.17. The van der Waals surface area contributed by atoms with Crippen LogP contribution in [0.5, 0.6) is 17.4 Å². The predicted octanol–water partition coefficient (Wildman–Crippen LogP) is 1.61. The normalized spacial score (nSPS) is 10.2. The molecule has 9 heteroatoms. The van der Waals surface area contributed by atoms with Gasteiger partial charge in [-0.2, -0.15) is 4.98 Å². The Bertz CT molecular complexity index is 756. The molecule has 128 valence electrons. The molecule has 0 saturated heterocycles. The zero-order valence-corrected chi connectivity index (χ0v) is 14.0. The van der Waals surface area contributed by atoms with Crippen LogP contribution in [0.4, 0.5) is 5.69 Å². The number of aromatic hydroxyl groups is 1. The van der Waals surface area contributed by atoms with E-state index in [9.17, 15) is 14.7 Å². The van der Waals surface area contributed by atoms with E-state index in [-0.39, 0.29) is 23.4 Å². The Morgan fingerprint density at radius 1 is 1.25 bits per heavy atom. The molecule has 0 saturated carbocycles. The van der Waals surface area contributed by atoms with Crippen molar-refractivity contribution in [1.29, 1.82) is 0 Å². The van der Waals surface area contributed by atoms with Gasteiger partial charge < -0.3 is 24.9 Å². The third-order valence-corrected chi connectivity index (χ3v) is 3.78. The van der Waals surface area contributed by atoms with Crippen molar-refractivity contribution in [3.8, 4) is 17.4 Å². The average molecular weight is 351 g/mol. The van der Waals surface area contributed by atoms with Gasteiger partial charge in [-0.15, -0.1) is 0 Å². The third-order valence-electron chi connectivity index (χ3n) is 2.91. The Labute approximate surface area is 142 Å². The average Bonchev–Trinajstić information content (AvgIpc) is 2.53. The second-order valence-electron chi connectivity index (χ2n) is 4.66. The van der Waals surface area contributed by atoms with E-state index in [1.807, 2.05) is 0 Å². The summed E-state index contributed by atoms with van der Waals surface area (Å²) in [7, 11) is 3.06. The number of nitrogens with zero attached hydrogens (tertiary/aromatic N) is 1. The minimum absolute atomic E-state index is 0.198. The highest BCUT2D eigenvalue weighted by Crippen LogP contribution is 2.26. The van der Waals surface area contributed by atoms with Crippen LogP contribution in [0.2, 0.25) is 0 Å². The second-order valence-corrected chi connectivity index (χ2v) is 5.74. The number of amides is 1. The number of H-pyrrole nitrogens is 1. The van der Waals surface area contributed by atoms with Gasteiger partial charge >= 0.3 is 0 Å². The van der Waals surface area contributed by atoms with E-state index < -0.39 is 5.56 Å². The molecule has 0 spiro atoms. The lowest BCUT2D eigenvalue weighted by atomic mass is 10.2. The van der Waals surface area contributed by atoms with Gasteiger partial charge in [0.05, 0.1) is 20.3 Å². The first-order valence-electron chi connectivity index (χ1n) is 6.96. The van der Waals surface area contributed by atoms with E-state index in [1.54, 1.807) is 18.2 Å². The standard InChI is InChI=1S/C15H17N3O5S/c1-22-10-5-9(6-11(7-10)23-2)16-12(19)3-4-24-15-17-13(20)8-14(21)18-15/h5-8H,3-4H2,1-2H3,(H,16,19)(H2,17,18,20,21). The summed E-state index contributed by atoms with van der Waals surface area (Å²) in [4.78, 5) is 29.4. The molecule has 3 N–H and O–H groups in total. The molecule has 1 aromatic carbocycles. The molecule has 0 aliphatic heterocycles. The van der Waals surface area contributed by atoms with Gasteiger partial charge in [-0.3, -0.25) is 9.59 Å². The molecule has 0 fully saturated rings. The maximum atomic E-state index is 12.0. The van der Waals surface area contributed by atoms with Crippen LogP contribution in [-0.2, 0) is 4.79 Å². The van der Waals surface area contributed by atoms with Gasteiger partial charge in [0.15, 0.2) is 5.16 Å². The van der Waals surface area contributed by atoms with Crippen molar-refractivity contribution in [2.45, 2.75) is 11.6 Å². The van der Waals surface area contributed by atoms with Crippen molar-refractivity contribution in [1.82, 2.24) is 9.97 Å². The van der Waals surface area contributed by atoms with Gasteiger partial charge in [-0.25, -0.2) is 0 Å². The van der Waals surface area contributed by atoms with Crippen LogP contribution in [-0.4, -0.2) is 41.0 Å². The summed E-state index contributed by atoms with van der Waals surface area (Å²) in [5.74, 6) is 0.967. The number of rotatable bonds is 7. The Kier molecular flexibility index (Phi) is 6.07. The number of carbonyl (C=O) groups excluding carboxylic acids is 1.